The van der Waals surface area contributed by atoms with Gasteiger partial charge in [-0.2, -0.15) is 5.10 Å². The molecule has 1 aromatic heterocycles. The van der Waals surface area contributed by atoms with Crippen molar-refractivity contribution in [3.63, 3.8) is 0 Å². The van der Waals surface area contributed by atoms with E-state index >= 15 is 0 Å². The zero-order chi connectivity index (χ0) is 16.9. The Morgan fingerprint density at radius 3 is 2.58 bits per heavy atom. The molecule has 1 amide bonds. The van der Waals surface area contributed by atoms with E-state index in [1.165, 1.54) is 0 Å². The number of nitrogens with zero attached hydrogens (tertiary/aromatic N) is 2. The maximum absolute atomic E-state index is 12.2. The summed E-state index contributed by atoms with van der Waals surface area (Å²) in [5, 5.41) is 17.5. The standard InChI is InChI=1S/C18H16ClN3O2/c19-16-5-2-1-4-15(16)17(23)12-20-18(24)13-6-8-14(9-7-13)22-11-3-10-21-22/h1-11,17,23H,12H2,(H,20,24). The minimum atomic E-state index is -0.856. The van der Waals surface area contributed by atoms with Gasteiger partial charge in [0.1, 0.15) is 0 Å². The lowest BCUT2D eigenvalue weighted by molar-refractivity contribution is 0.0916. The number of carbonyl (C=O) groups excluding carboxylic acids is 1. The Kier molecular flexibility index (Phi) is 4.93. The first kappa shape index (κ1) is 16.2. The van der Waals surface area contributed by atoms with Crippen LogP contribution in [-0.4, -0.2) is 27.3 Å². The number of nitrogens with one attached hydrogen (secondary N) is 1. The summed E-state index contributed by atoms with van der Waals surface area (Å²) in [5.41, 5.74) is 1.97. The van der Waals surface area contributed by atoms with Gasteiger partial charge in [0.2, 0.25) is 0 Å². The monoisotopic (exact) mass is 341 g/mol. The molecule has 0 aliphatic rings. The first-order valence-corrected chi connectivity index (χ1v) is 7.84. The number of halogens is 1. The maximum atomic E-state index is 12.2. The second-order valence-electron chi connectivity index (χ2n) is 5.24. The molecule has 1 unspecified atom stereocenters. The van der Waals surface area contributed by atoms with Crippen molar-refractivity contribution in [2.45, 2.75) is 6.10 Å². The molecule has 0 radical (unpaired) electrons. The van der Waals surface area contributed by atoms with Gasteiger partial charge in [0.05, 0.1) is 11.8 Å². The molecule has 6 heteroatoms. The first-order chi connectivity index (χ1) is 11.6. The Morgan fingerprint density at radius 2 is 1.92 bits per heavy atom. The summed E-state index contributed by atoms with van der Waals surface area (Å²) in [4.78, 5) is 12.2. The molecule has 3 aromatic rings. The van der Waals surface area contributed by atoms with E-state index in [0.717, 1.165) is 5.69 Å². The van der Waals surface area contributed by atoms with Gasteiger partial charge < -0.3 is 10.4 Å². The Morgan fingerprint density at radius 1 is 1.17 bits per heavy atom. The van der Waals surface area contributed by atoms with E-state index < -0.39 is 6.10 Å². The summed E-state index contributed by atoms with van der Waals surface area (Å²) in [6.45, 7) is 0.0868. The quantitative estimate of drug-likeness (QED) is 0.749. The Balaban J connectivity index is 1.62. The summed E-state index contributed by atoms with van der Waals surface area (Å²) in [6, 6.07) is 15.9. The SMILES string of the molecule is O=C(NCC(O)c1ccccc1Cl)c1ccc(-n2cccn2)cc1. The van der Waals surface area contributed by atoms with E-state index in [-0.39, 0.29) is 12.5 Å². The van der Waals surface area contributed by atoms with Crippen LogP contribution in [0.25, 0.3) is 5.69 Å². The van der Waals surface area contributed by atoms with Gasteiger partial charge in [-0.05, 0) is 36.4 Å². The van der Waals surface area contributed by atoms with Crippen LogP contribution in [0.5, 0.6) is 0 Å². The first-order valence-electron chi connectivity index (χ1n) is 7.46. The third-order valence-electron chi connectivity index (χ3n) is 3.62. The Labute approximate surface area is 144 Å². The molecular weight excluding hydrogens is 326 g/mol. The fraction of sp³-hybridized carbons (Fsp3) is 0.111. The fourth-order valence-corrected chi connectivity index (χ4v) is 2.60. The van der Waals surface area contributed by atoms with E-state index in [9.17, 15) is 9.90 Å². The van der Waals surface area contributed by atoms with Crippen LogP contribution in [0.4, 0.5) is 0 Å². The molecule has 0 aliphatic heterocycles. The number of aromatic nitrogens is 2. The fourth-order valence-electron chi connectivity index (χ4n) is 2.33. The van der Waals surface area contributed by atoms with E-state index in [1.54, 1.807) is 47.3 Å². The number of rotatable bonds is 5. The second-order valence-corrected chi connectivity index (χ2v) is 5.65. The van der Waals surface area contributed by atoms with Crippen molar-refractivity contribution in [2.75, 3.05) is 6.54 Å². The summed E-state index contributed by atoms with van der Waals surface area (Å²) < 4.78 is 1.71. The van der Waals surface area contributed by atoms with Crippen molar-refractivity contribution in [3.05, 3.63) is 83.1 Å². The number of amides is 1. The summed E-state index contributed by atoms with van der Waals surface area (Å²) >= 11 is 6.04. The highest BCUT2D eigenvalue weighted by molar-refractivity contribution is 6.31. The van der Waals surface area contributed by atoms with Crippen molar-refractivity contribution >= 4 is 17.5 Å². The molecular formula is C18H16ClN3O2. The molecule has 5 nitrogen and oxygen atoms in total. The minimum Gasteiger partial charge on any atom is -0.387 e. The molecule has 0 fully saturated rings. The van der Waals surface area contributed by atoms with Crippen molar-refractivity contribution < 1.29 is 9.90 Å². The molecule has 1 heterocycles. The van der Waals surface area contributed by atoms with Crippen LogP contribution in [0.1, 0.15) is 22.0 Å². The highest BCUT2D eigenvalue weighted by Crippen LogP contribution is 2.21. The van der Waals surface area contributed by atoms with Crippen molar-refractivity contribution in [1.29, 1.82) is 0 Å². The predicted octanol–water partition coefficient (Wildman–Crippen LogP) is 2.99. The molecule has 24 heavy (non-hydrogen) atoms. The van der Waals surface area contributed by atoms with E-state index in [0.29, 0.717) is 16.1 Å². The lowest BCUT2D eigenvalue weighted by Crippen LogP contribution is -2.28. The number of hydrogen-bond acceptors (Lipinski definition) is 3. The van der Waals surface area contributed by atoms with Crippen LogP contribution in [0.15, 0.2) is 67.0 Å². The highest BCUT2D eigenvalue weighted by Gasteiger charge is 2.13. The average molecular weight is 342 g/mol. The van der Waals surface area contributed by atoms with Gasteiger partial charge in [0, 0.05) is 35.1 Å². The Bertz CT molecular complexity index is 817. The lowest BCUT2D eigenvalue weighted by atomic mass is 10.1. The molecule has 0 saturated heterocycles. The average Bonchev–Trinajstić information content (AvgIpc) is 3.14. The van der Waals surface area contributed by atoms with Crippen LogP contribution in [0, 0.1) is 0 Å². The van der Waals surface area contributed by atoms with Crippen molar-refractivity contribution in [2.24, 2.45) is 0 Å². The number of carbonyl (C=O) groups is 1. The van der Waals surface area contributed by atoms with Gasteiger partial charge in [-0.25, -0.2) is 4.68 Å². The summed E-state index contributed by atoms with van der Waals surface area (Å²) in [7, 11) is 0. The lowest BCUT2D eigenvalue weighted by Gasteiger charge is -2.13. The molecule has 0 spiro atoms. The van der Waals surface area contributed by atoms with Gasteiger partial charge >= 0.3 is 0 Å². The zero-order valence-corrected chi connectivity index (χ0v) is 13.5. The minimum absolute atomic E-state index is 0.0868. The third-order valence-corrected chi connectivity index (χ3v) is 3.96. The molecule has 2 aromatic carbocycles. The molecule has 122 valence electrons. The largest absolute Gasteiger partial charge is 0.387 e. The molecule has 2 N–H and O–H groups in total. The number of aliphatic hydroxyl groups excluding tert-OH is 1. The van der Waals surface area contributed by atoms with E-state index in [4.69, 9.17) is 11.6 Å². The molecule has 0 aliphatic carbocycles. The molecule has 1 atom stereocenters. The zero-order valence-electron chi connectivity index (χ0n) is 12.8. The normalized spacial score (nSPS) is 11.9. The van der Waals surface area contributed by atoms with E-state index in [1.807, 2.05) is 24.4 Å². The molecule has 0 saturated carbocycles. The maximum Gasteiger partial charge on any atom is 0.251 e. The number of benzene rings is 2. The predicted molar refractivity (Wildman–Crippen MR) is 92.3 cm³/mol. The molecule has 0 bridgehead atoms. The van der Waals surface area contributed by atoms with Crippen LogP contribution < -0.4 is 5.32 Å². The summed E-state index contributed by atoms with van der Waals surface area (Å²) in [6.07, 6.45) is 2.66. The van der Waals surface area contributed by atoms with E-state index in [2.05, 4.69) is 10.4 Å². The summed E-state index contributed by atoms with van der Waals surface area (Å²) in [5.74, 6) is -0.256. The van der Waals surface area contributed by atoms with Gasteiger partial charge in [-0.1, -0.05) is 29.8 Å². The van der Waals surface area contributed by atoms with Crippen molar-refractivity contribution in [1.82, 2.24) is 15.1 Å². The number of aliphatic hydroxyl groups is 1. The topological polar surface area (TPSA) is 67.2 Å². The van der Waals surface area contributed by atoms with Crippen molar-refractivity contribution in [3.8, 4) is 5.69 Å². The van der Waals surface area contributed by atoms with Gasteiger partial charge in [0.25, 0.3) is 5.91 Å². The molecule has 3 rings (SSSR count). The van der Waals surface area contributed by atoms with Gasteiger partial charge in [-0.3, -0.25) is 4.79 Å². The van der Waals surface area contributed by atoms with Crippen LogP contribution in [-0.2, 0) is 0 Å². The third kappa shape index (κ3) is 3.64. The van der Waals surface area contributed by atoms with Crippen LogP contribution in [0.2, 0.25) is 5.02 Å². The number of hydrogen-bond donors (Lipinski definition) is 2. The highest BCUT2D eigenvalue weighted by atomic mass is 35.5. The van der Waals surface area contributed by atoms with Gasteiger partial charge in [0.15, 0.2) is 0 Å². The van der Waals surface area contributed by atoms with Crippen LogP contribution in [0.3, 0.4) is 0 Å². The Hall–Kier alpha value is -2.63. The van der Waals surface area contributed by atoms with Crippen LogP contribution >= 0.6 is 11.6 Å². The second kappa shape index (κ2) is 7.29. The smallest absolute Gasteiger partial charge is 0.251 e. The van der Waals surface area contributed by atoms with Gasteiger partial charge in [-0.15, -0.1) is 0 Å².